The molecule has 0 atom stereocenters. The minimum Gasteiger partial charge on any atom is -0.331 e. The summed E-state index contributed by atoms with van der Waals surface area (Å²) in [6, 6.07) is 14.1. The van der Waals surface area contributed by atoms with Crippen molar-refractivity contribution in [2.75, 3.05) is 10.6 Å². The van der Waals surface area contributed by atoms with E-state index in [1.807, 2.05) is 30.3 Å². The summed E-state index contributed by atoms with van der Waals surface area (Å²) in [6.07, 6.45) is 0. The van der Waals surface area contributed by atoms with Crippen molar-refractivity contribution < 1.29 is 4.79 Å². The topological polar surface area (TPSA) is 54.0 Å². The minimum absolute atomic E-state index is 0.192. The number of amides is 1. The molecule has 0 bridgehead atoms. The first-order valence-electron chi connectivity index (χ1n) is 8.64. The normalized spacial score (nSPS) is 10.8. The monoisotopic (exact) mass is 365 g/mol. The first-order valence-corrected chi connectivity index (χ1v) is 9.52. The van der Waals surface area contributed by atoms with Crippen LogP contribution in [0.15, 0.2) is 47.8 Å². The minimum atomic E-state index is -0.192. The quantitative estimate of drug-likeness (QED) is 0.594. The fourth-order valence-electron chi connectivity index (χ4n) is 2.81. The van der Waals surface area contributed by atoms with Crippen LogP contribution in [0.25, 0.3) is 0 Å². The number of para-hydroxylation sites is 1. The second-order valence-electron chi connectivity index (χ2n) is 6.68. The molecule has 0 aliphatic heterocycles. The van der Waals surface area contributed by atoms with E-state index in [2.05, 4.69) is 55.4 Å². The van der Waals surface area contributed by atoms with Crippen LogP contribution in [0.5, 0.6) is 0 Å². The molecule has 0 radical (unpaired) electrons. The Morgan fingerprint density at radius 3 is 2.58 bits per heavy atom. The molecule has 2 aromatic carbocycles. The van der Waals surface area contributed by atoms with Gasteiger partial charge in [0.2, 0.25) is 0 Å². The summed E-state index contributed by atoms with van der Waals surface area (Å²) in [5.41, 5.74) is 5.74. The Bertz CT molecular complexity index is 931. The summed E-state index contributed by atoms with van der Waals surface area (Å²) in [5.74, 6) is 0.145. The summed E-state index contributed by atoms with van der Waals surface area (Å²) in [4.78, 5) is 17.0. The molecule has 0 aliphatic rings. The number of anilines is 3. The van der Waals surface area contributed by atoms with Gasteiger partial charge in [0, 0.05) is 16.8 Å². The van der Waals surface area contributed by atoms with Crippen molar-refractivity contribution in [3.05, 3.63) is 70.2 Å². The van der Waals surface area contributed by atoms with Gasteiger partial charge in [0.15, 0.2) is 5.13 Å². The highest BCUT2D eigenvalue weighted by Crippen LogP contribution is 2.26. The van der Waals surface area contributed by atoms with E-state index in [9.17, 15) is 4.79 Å². The van der Waals surface area contributed by atoms with Crippen LogP contribution in [0, 0.1) is 13.8 Å². The fourth-order valence-corrected chi connectivity index (χ4v) is 3.51. The van der Waals surface area contributed by atoms with Crippen LogP contribution in [-0.2, 0) is 0 Å². The number of hydrogen-bond acceptors (Lipinski definition) is 4. The summed E-state index contributed by atoms with van der Waals surface area (Å²) in [6.45, 7) is 8.34. The van der Waals surface area contributed by atoms with Gasteiger partial charge in [-0.1, -0.05) is 49.7 Å². The van der Waals surface area contributed by atoms with E-state index < -0.39 is 0 Å². The van der Waals surface area contributed by atoms with Gasteiger partial charge < -0.3 is 10.6 Å². The van der Waals surface area contributed by atoms with E-state index in [-0.39, 0.29) is 5.91 Å². The number of carbonyl (C=O) groups excluding carboxylic acids is 1. The van der Waals surface area contributed by atoms with Gasteiger partial charge in [0.05, 0.1) is 0 Å². The largest absolute Gasteiger partial charge is 0.331 e. The number of nitrogens with zero attached hydrogens (tertiary/aromatic N) is 1. The highest BCUT2D eigenvalue weighted by molar-refractivity contribution is 7.14. The predicted molar refractivity (Wildman–Crippen MR) is 110 cm³/mol. The zero-order valence-corrected chi connectivity index (χ0v) is 16.3. The number of nitrogens with one attached hydrogen (secondary N) is 2. The molecular weight excluding hydrogens is 342 g/mol. The van der Waals surface area contributed by atoms with Gasteiger partial charge in [-0.3, -0.25) is 4.79 Å². The average Bonchev–Trinajstić information content (AvgIpc) is 3.06. The highest BCUT2D eigenvalue weighted by Gasteiger charge is 2.14. The third-order valence-corrected chi connectivity index (χ3v) is 4.95. The fraction of sp³-hybridized carbons (Fsp3) is 0.238. The maximum atomic E-state index is 12.6. The molecule has 0 spiro atoms. The Kier molecular flexibility index (Phi) is 5.38. The molecule has 3 rings (SSSR count). The van der Waals surface area contributed by atoms with E-state index >= 15 is 0 Å². The average molecular weight is 366 g/mol. The Labute approximate surface area is 158 Å². The summed E-state index contributed by atoms with van der Waals surface area (Å²) >= 11 is 1.42. The standard InChI is InChI=1S/C21H23N3OS/c1-13(2)16-7-5-6-8-18(16)22-20(25)19-12-26-21(24-19)23-17-10-9-14(3)11-15(17)4/h5-13H,1-4H3,(H,22,25)(H,23,24). The molecule has 0 fully saturated rings. The Hall–Kier alpha value is -2.66. The first-order chi connectivity index (χ1) is 12.4. The molecule has 0 unspecified atom stereocenters. The van der Waals surface area contributed by atoms with E-state index in [1.54, 1.807) is 5.38 Å². The number of thiazole rings is 1. The van der Waals surface area contributed by atoms with E-state index in [1.165, 1.54) is 16.9 Å². The van der Waals surface area contributed by atoms with Crippen molar-refractivity contribution >= 4 is 33.8 Å². The van der Waals surface area contributed by atoms with Crippen LogP contribution in [0.2, 0.25) is 0 Å². The third kappa shape index (κ3) is 4.11. The number of rotatable bonds is 5. The number of carbonyl (C=O) groups is 1. The molecule has 1 aromatic heterocycles. The molecule has 4 nitrogen and oxygen atoms in total. The number of benzene rings is 2. The molecule has 26 heavy (non-hydrogen) atoms. The zero-order valence-electron chi connectivity index (χ0n) is 15.5. The number of hydrogen-bond donors (Lipinski definition) is 2. The van der Waals surface area contributed by atoms with Gasteiger partial charge in [-0.15, -0.1) is 11.3 Å². The Morgan fingerprint density at radius 1 is 1.08 bits per heavy atom. The second kappa shape index (κ2) is 7.70. The van der Waals surface area contributed by atoms with Crippen LogP contribution in [0.3, 0.4) is 0 Å². The molecule has 0 saturated carbocycles. The smallest absolute Gasteiger partial charge is 0.275 e. The summed E-state index contributed by atoms with van der Waals surface area (Å²) in [7, 11) is 0. The van der Waals surface area contributed by atoms with Crippen LogP contribution in [0.4, 0.5) is 16.5 Å². The van der Waals surface area contributed by atoms with Crippen LogP contribution < -0.4 is 10.6 Å². The third-order valence-electron chi connectivity index (χ3n) is 4.19. The number of aromatic nitrogens is 1. The van der Waals surface area contributed by atoms with Crippen LogP contribution in [0.1, 0.15) is 46.9 Å². The SMILES string of the molecule is Cc1ccc(Nc2nc(C(=O)Nc3ccccc3C(C)C)cs2)c(C)c1. The number of aryl methyl sites for hydroxylation is 2. The lowest BCUT2D eigenvalue weighted by molar-refractivity contribution is 0.102. The Morgan fingerprint density at radius 2 is 1.85 bits per heavy atom. The molecule has 0 aliphatic carbocycles. The van der Waals surface area contributed by atoms with Gasteiger partial charge in [0.25, 0.3) is 5.91 Å². The van der Waals surface area contributed by atoms with Crippen molar-refractivity contribution in [1.82, 2.24) is 4.98 Å². The summed E-state index contributed by atoms with van der Waals surface area (Å²) in [5, 5.41) is 8.76. The maximum absolute atomic E-state index is 12.6. The lowest BCUT2D eigenvalue weighted by Crippen LogP contribution is -2.14. The van der Waals surface area contributed by atoms with Gasteiger partial charge in [-0.05, 0) is 43.0 Å². The van der Waals surface area contributed by atoms with Gasteiger partial charge in [-0.25, -0.2) is 4.98 Å². The van der Waals surface area contributed by atoms with Gasteiger partial charge in [-0.2, -0.15) is 0 Å². The molecule has 1 amide bonds. The second-order valence-corrected chi connectivity index (χ2v) is 7.54. The van der Waals surface area contributed by atoms with Crippen molar-refractivity contribution in [1.29, 1.82) is 0 Å². The van der Waals surface area contributed by atoms with Crippen molar-refractivity contribution in [3.8, 4) is 0 Å². The van der Waals surface area contributed by atoms with Crippen LogP contribution in [-0.4, -0.2) is 10.9 Å². The highest BCUT2D eigenvalue weighted by atomic mass is 32.1. The van der Waals surface area contributed by atoms with Crippen molar-refractivity contribution in [2.45, 2.75) is 33.6 Å². The van der Waals surface area contributed by atoms with E-state index in [0.29, 0.717) is 16.7 Å². The molecule has 0 saturated heterocycles. The molecule has 1 heterocycles. The molecule has 134 valence electrons. The lowest BCUT2D eigenvalue weighted by Gasteiger charge is -2.12. The van der Waals surface area contributed by atoms with Gasteiger partial charge in [0.1, 0.15) is 5.69 Å². The summed E-state index contributed by atoms with van der Waals surface area (Å²) < 4.78 is 0. The van der Waals surface area contributed by atoms with Crippen molar-refractivity contribution in [3.63, 3.8) is 0 Å². The van der Waals surface area contributed by atoms with Crippen molar-refractivity contribution in [2.24, 2.45) is 0 Å². The molecule has 2 N–H and O–H groups in total. The van der Waals surface area contributed by atoms with E-state index in [0.717, 1.165) is 22.5 Å². The lowest BCUT2D eigenvalue weighted by atomic mass is 10.0. The molecule has 3 aromatic rings. The van der Waals surface area contributed by atoms with Crippen LogP contribution >= 0.6 is 11.3 Å². The Balaban J connectivity index is 1.74. The zero-order chi connectivity index (χ0) is 18.7. The maximum Gasteiger partial charge on any atom is 0.275 e. The predicted octanol–water partition coefficient (Wildman–Crippen LogP) is 5.88. The van der Waals surface area contributed by atoms with Gasteiger partial charge >= 0.3 is 0 Å². The first kappa shape index (κ1) is 18.1. The molecule has 5 heteroatoms. The molecular formula is C21H23N3OS. The van der Waals surface area contributed by atoms with E-state index in [4.69, 9.17) is 0 Å².